The van der Waals surface area contributed by atoms with E-state index in [1.807, 2.05) is 36.4 Å². The van der Waals surface area contributed by atoms with E-state index in [0.29, 0.717) is 17.5 Å². The van der Waals surface area contributed by atoms with Crippen molar-refractivity contribution in [2.24, 2.45) is 5.92 Å². The molecule has 3 aromatic rings. The summed E-state index contributed by atoms with van der Waals surface area (Å²) in [7, 11) is 0. The summed E-state index contributed by atoms with van der Waals surface area (Å²) in [6.07, 6.45) is 5.55. The van der Waals surface area contributed by atoms with Gasteiger partial charge in [0.1, 0.15) is 12.4 Å². The Balaban J connectivity index is 1.50. The van der Waals surface area contributed by atoms with E-state index in [9.17, 15) is 0 Å². The van der Waals surface area contributed by atoms with Crippen LogP contribution in [0.4, 0.5) is 5.69 Å². The molecular weight excluding hydrogens is 401 g/mol. The standard InChI is InChI=1S/C25H21Cl2NO/c26-17-13-21(27)24-18-10-6-11-19(18)25(28-22(24)14-17)20-9-4-5-12-23(20)29-15-16-7-2-1-3-8-16/h1-10,12-14,18-19,25,28H,11,15H2. The fourth-order valence-corrected chi connectivity index (χ4v) is 5.17. The molecule has 5 rings (SSSR count). The molecule has 0 saturated carbocycles. The summed E-state index contributed by atoms with van der Waals surface area (Å²) in [5, 5.41) is 5.09. The molecule has 1 N–H and O–H groups in total. The summed E-state index contributed by atoms with van der Waals surface area (Å²) in [5.41, 5.74) is 4.49. The fourth-order valence-electron chi connectivity index (χ4n) is 4.56. The zero-order valence-electron chi connectivity index (χ0n) is 15.8. The molecule has 0 spiro atoms. The minimum Gasteiger partial charge on any atom is -0.489 e. The first kappa shape index (κ1) is 18.6. The summed E-state index contributed by atoms with van der Waals surface area (Å²) >= 11 is 12.9. The highest BCUT2D eigenvalue weighted by atomic mass is 35.5. The predicted molar refractivity (Wildman–Crippen MR) is 120 cm³/mol. The van der Waals surface area contributed by atoms with Crippen LogP contribution in [0.15, 0.2) is 78.9 Å². The number of benzene rings is 3. The molecule has 0 saturated heterocycles. The van der Waals surface area contributed by atoms with Gasteiger partial charge in [-0.15, -0.1) is 0 Å². The second kappa shape index (κ2) is 7.78. The average Bonchev–Trinajstić information content (AvgIpc) is 3.22. The van der Waals surface area contributed by atoms with Gasteiger partial charge in [-0.25, -0.2) is 0 Å². The molecule has 2 nitrogen and oxygen atoms in total. The van der Waals surface area contributed by atoms with Crippen LogP contribution in [0.5, 0.6) is 5.75 Å². The Kier molecular flexibility index (Phi) is 4.99. The Hall–Kier alpha value is -2.42. The number of nitrogens with one attached hydrogen (secondary N) is 1. The molecule has 0 radical (unpaired) electrons. The first-order valence-corrected chi connectivity index (χ1v) is 10.6. The van der Waals surface area contributed by atoms with E-state index >= 15 is 0 Å². The first-order valence-electron chi connectivity index (χ1n) is 9.88. The van der Waals surface area contributed by atoms with Crippen molar-refractivity contribution in [3.05, 3.63) is 106 Å². The summed E-state index contributed by atoms with van der Waals surface area (Å²) in [4.78, 5) is 0. The molecule has 1 aliphatic heterocycles. The molecule has 0 fully saturated rings. The third-order valence-electron chi connectivity index (χ3n) is 5.87. The SMILES string of the molecule is Clc1cc(Cl)c2c(c1)NC(c1ccccc1OCc1ccccc1)C1CC=CC21. The van der Waals surface area contributed by atoms with E-state index in [1.54, 1.807) is 0 Å². The molecule has 3 aromatic carbocycles. The molecule has 4 heteroatoms. The number of hydrogen-bond acceptors (Lipinski definition) is 2. The van der Waals surface area contributed by atoms with Gasteiger partial charge in [-0.3, -0.25) is 0 Å². The van der Waals surface area contributed by atoms with Crippen molar-refractivity contribution < 1.29 is 4.74 Å². The van der Waals surface area contributed by atoms with E-state index < -0.39 is 0 Å². The van der Waals surface area contributed by atoms with Gasteiger partial charge in [0.05, 0.1) is 6.04 Å². The predicted octanol–water partition coefficient (Wildman–Crippen LogP) is 7.40. The van der Waals surface area contributed by atoms with Gasteiger partial charge in [-0.05, 0) is 36.1 Å². The first-order chi connectivity index (χ1) is 14.2. The molecule has 0 amide bonds. The van der Waals surface area contributed by atoms with Crippen molar-refractivity contribution in [3.63, 3.8) is 0 Å². The number of fused-ring (bicyclic) bond motifs is 3. The van der Waals surface area contributed by atoms with Crippen molar-refractivity contribution in [1.82, 2.24) is 0 Å². The maximum Gasteiger partial charge on any atom is 0.125 e. The van der Waals surface area contributed by atoms with Crippen molar-refractivity contribution >= 4 is 28.9 Å². The number of anilines is 1. The minimum atomic E-state index is 0.129. The van der Waals surface area contributed by atoms with Gasteiger partial charge < -0.3 is 10.1 Å². The Morgan fingerprint density at radius 1 is 0.966 bits per heavy atom. The van der Waals surface area contributed by atoms with Crippen LogP contribution in [-0.2, 0) is 6.61 Å². The normalized spacial score (nSPS) is 21.9. The van der Waals surface area contributed by atoms with E-state index in [1.165, 1.54) is 5.56 Å². The quantitative estimate of drug-likeness (QED) is 0.443. The lowest BCUT2D eigenvalue weighted by Crippen LogP contribution is -2.29. The van der Waals surface area contributed by atoms with Crippen LogP contribution in [0.3, 0.4) is 0 Å². The van der Waals surface area contributed by atoms with Gasteiger partial charge >= 0.3 is 0 Å². The van der Waals surface area contributed by atoms with Crippen LogP contribution in [-0.4, -0.2) is 0 Å². The van der Waals surface area contributed by atoms with Crippen LogP contribution in [0.1, 0.15) is 35.1 Å². The number of allylic oxidation sites excluding steroid dienone is 2. The molecule has 0 aromatic heterocycles. The van der Waals surface area contributed by atoms with E-state index in [-0.39, 0.29) is 12.0 Å². The van der Waals surface area contributed by atoms with Crippen LogP contribution in [0.2, 0.25) is 10.0 Å². The van der Waals surface area contributed by atoms with Crippen LogP contribution < -0.4 is 10.1 Å². The van der Waals surface area contributed by atoms with E-state index in [4.69, 9.17) is 27.9 Å². The molecule has 1 aliphatic carbocycles. The zero-order chi connectivity index (χ0) is 19.8. The Morgan fingerprint density at radius 3 is 2.62 bits per heavy atom. The largest absolute Gasteiger partial charge is 0.489 e. The van der Waals surface area contributed by atoms with E-state index in [0.717, 1.165) is 34.0 Å². The Labute approximate surface area is 181 Å². The topological polar surface area (TPSA) is 21.3 Å². The second-order valence-electron chi connectivity index (χ2n) is 7.64. The van der Waals surface area contributed by atoms with Gasteiger partial charge in [0.15, 0.2) is 0 Å². The highest BCUT2D eigenvalue weighted by Crippen LogP contribution is 2.53. The maximum absolute atomic E-state index is 6.57. The van der Waals surface area contributed by atoms with Gasteiger partial charge in [0.2, 0.25) is 0 Å². The smallest absolute Gasteiger partial charge is 0.125 e. The molecule has 1 heterocycles. The summed E-state index contributed by atoms with van der Waals surface area (Å²) < 4.78 is 6.25. The maximum atomic E-state index is 6.57. The number of para-hydroxylation sites is 1. The molecule has 0 bridgehead atoms. The fraction of sp³-hybridized carbons (Fsp3) is 0.200. The number of halogens is 2. The molecular formula is C25H21Cl2NO. The third kappa shape index (κ3) is 3.52. The molecule has 29 heavy (non-hydrogen) atoms. The van der Waals surface area contributed by atoms with Gasteiger partial charge in [-0.1, -0.05) is 83.9 Å². The minimum absolute atomic E-state index is 0.129. The molecule has 3 atom stereocenters. The van der Waals surface area contributed by atoms with Crippen LogP contribution in [0.25, 0.3) is 0 Å². The monoisotopic (exact) mass is 421 g/mol. The number of ether oxygens (including phenoxy) is 1. The van der Waals surface area contributed by atoms with Crippen molar-refractivity contribution in [3.8, 4) is 5.75 Å². The van der Waals surface area contributed by atoms with Crippen molar-refractivity contribution in [1.29, 1.82) is 0 Å². The third-order valence-corrected chi connectivity index (χ3v) is 6.40. The summed E-state index contributed by atoms with van der Waals surface area (Å²) in [5.74, 6) is 1.59. The lowest BCUT2D eigenvalue weighted by molar-refractivity contribution is 0.296. The van der Waals surface area contributed by atoms with Gasteiger partial charge in [-0.2, -0.15) is 0 Å². The lowest BCUT2D eigenvalue weighted by Gasteiger charge is -2.38. The lowest BCUT2D eigenvalue weighted by atomic mass is 9.77. The zero-order valence-corrected chi connectivity index (χ0v) is 17.3. The average molecular weight is 422 g/mol. The molecule has 2 aliphatic rings. The highest BCUT2D eigenvalue weighted by Gasteiger charge is 2.40. The summed E-state index contributed by atoms with van der Waals surface area (Å²) in [6, 6.07) is 22.5. The van der Waals surface area contributed by atoms with Crippen molar-refractivity contribution in [2.45, 2.75) is 25.0 Å². The molecule has 146 valence electrons. The van der Waals surface area contributed by atoms with Crippen LogP contribution in [0, 0.1) is 5.92 Å². The summed E-state index contributed by atoms with van der Waals surface area (Å²) in [6.45, 7) is 0.547. The van der Waals surface area contributed by atoms with Crippen LogP contribution >= 0.6 is 23.2 Å². The van der Waals surface area contributed by atoms with E-state index in [2.05, 4.69) is 47.8 Å². The highest BCUT2D eigenvalue weighted by molar-refractivity contribution is 6.35. The Bertz CT molecular complexity index is 1060. The van der Waals surface area contributed by atoms with Gasteiger partial charge in [0.25, 0.3) is 0 Å². The van der Waals surface area contributed by atoms with Crippen molar-refractivity contribution in [2.75, 3.05) is 5.32 Å². The van der Waals surface area contributed by atoms with Gasteiger partial charge in [0, 0.05) is 32.8 Å². The number of hydrogen-bond donors (Lipinski definition) is 1. The second-order valence-corrected chi connectivity index (χ2v) is 8.48. The number of rotatable bonds is 4. The Morgan fingerprint density at radius 2 is 1.76 bits per heavy atom. The molecule has 3 unspecified atom stereocenters.